The highest BCUT2D eigenvalue weighted by molar-refractivity contribution is 5.72. The topological polar surface area (TPSA) is 52.6 Å². The van der Waals surface area contributed by atoms with Crippen molar-refractivity contribution in [1.82, 2.24) is 10.2 Å². The van der Waals surface area contributed by atoms with Crippen LogP contribution in [0.3, 0.4) is 0 Å². The zero-order valence-corrected chi connectivity index (χ0v) is 7.63. The monoisotopic (exact) mass is 172 g/mol. The fourth-order valence-corrected chi connectivity index (χ4v) is 1.49. The first-order valence-corrected chi connectivity index (χ1v) is 4.17. The van der Waals surface area contributed by atoms with Crippen molar-refractivity contribution in [3.63, 3.8) is 0 Å². The van der Waals surface area contributed by atoms with Crippen LogP contribution < -0.4 is 5.32 Å². The Morgan fingerprint density at radius 1 is 1.75 bits per heavy atom. The van der Waals surface area contributed by atoms with Gasteiger partial charge in [0.1, 0.15) is 0 Å². The Morgan fingerprint density at radius 2 is 2.42 bits per heavy atom. The SMILES string of the molecule is CC(=O)NCC1(O)CCN(C)C1. The van der Waals surface area contributed by atoms with Crippen LogP contribution in [-0.2, 0) is 4.79 Å². The van der Waals surface area contributed by atoms with Gasteiger partial charge in [0.15, 0.2) is 0 Å². The zero-order chi connectivity index (χ0) is 9.19. The summed E-state index contributed by atoms with van der Waals surface area (Å²) in [5.41, 5.74) is -0.708. The van der Waals surface area contributed by atoms with E-state index in [0.717, 1.165) is 13.0 Å². The number of nitrogens with zero attached hydrogens (tertiary/aromatic N) is 1. The minimum atomic E-state index is -0.708. The minimum absolute atomic E-state index is 0.0852. The lowest BCUT2D eigenvalue weighted by molar-refractivity contribution is -0.120. The van der Waals surface area contributed by atoms with Gasteiger partial charge in [0, 0.05) is 26.6 Å². The molecule has 0 bridgehead atoms. The fraction of sp³-hybridized carbons (Fsp3) is 0.875. The summed E-state index contributed by atoms with van der Waals surface area (Å²) < 4.78 is 0. The quantitative estimate of drug-likeness (QED) is 0.573. The average Bonchev–Trinajstić information content (AvgIpc) is 2.29. The van der Waals surface area contributed by atoms with Crippen molar-refractivity contribution in [3.05, 3.63) is 0 Å². The van der Waals surface area contributed by atoms with Crippen molar-refractivity contribution in [2.24, 2.45) is 0 Å². The van der Waals surface area contributed by atoms with Crippen LogP contribution in [0.1, 0.15) is 13.3 Å². The molecule has 0 saturated carbocycles. The van der Waals surface area contributed by atoms with E-state index in [1.54, 1.807) is 0 Å². The van der Waals surface area contributed by atoms with Gasteiger partial charge in [0.2, 0.25) is 5.91 Å². The third-order valence-corrected chi connectivity index (χ3v) is 2.19. The summed E-state index contributed by atoms with van der Waals surface area (Å²) in [5.74, 6) is -0.0852. The second-order valence-corrected chi connectivity index (χ2v) is 3.62. The first kappa shape index (κ1) is 9.48. The molecule has 0 radical (unpaired) electrons. The molecular weight excluding hydrogens is 156 g/mol. The predicted octanol–water partition coefficient (Wildman–Crippen LogP) is -0.811. The van der Waals surface area contributed by atoms with Crippen LogP contribution in [0.25, 0.3) is 0 Å². The van der Waals surface area contributed by atoms with Crippen LogP contribution >= 0.6 is 0 Å². The van der Waals surface area contributed by atoms with Gasteiger partial charge in [-0.15, -0.1) is 0 Å². The largest absolute Gasteiger partial charge is 0.387 e. The number of hydrogen-bond donors (Lipinski definition) is 2. The summed E-state index contributed by atoms with van der Waals surface area (Å²) in [6.07, 6.45) is 0.740. The first-order valence-electron chi connectivity index (χ1n) is 4.17. The molecule has 2 N–H and O–H groups in total. The molecular formula is C8H16N2O2. The molecule has 0 aliphatic carbocycles. The fourth-order valence-electron chi connectivity index (χ4n) is 1.49. The third kappa shape index (κ3) is 2.46. The van der Waals surface area contributed by atoms with E-state index in [2.05, 4.69) is 10.2 Å². The Hall–Kier alpha value is -0.610. The van der Waals surface area contributed by atoms with Crippen LogP contribution in [0.4, 0.5) is 0 Å². The number of likely N-dealkylation sites (N-methyl/N-ethyl adjacent to an activating group) is 1. The van der Waals surface area contributed by atoms with Gasteiger partial charge in [-0.05, 0) is 13.5 Å². The minimum Gasteiger partial charge on any atom is -0.387 e. The number of likely N-dealkylation sites (tertiary alicyclic amines) is 1. The van der Waals surface area contributed by atoms with Gasteiger partial charge in [-0.2, -0.15) is 0 Å². The predicted molar refractivity (Wildman–Crippen MR) is 45.7 cm³/mol. The molecule has 12 heavy (non-hydrogen) atoms. The van der Waals surface area contributed by atoms with Gasteiger partial charge >= 0.3 is 0 Å². The van der Waals surface area contributed by atoms with Gasteiger partial charge in [-0.25, -0.2) is 0 Å². The molecule has 1 rings (SSSR count). The van der Waals surface area contributed by atoms with E-state index in [4.69, 9.17) is 0 Å². The highest BCUT2D eigenvalue weighted by atomic mass is 16.3. The number of β-amino-alcohol motifs (C(OH)–C–C–N with tert-alkyl or cyclic N) is 1. The Bertz CT molecular complexity index is 184. The molecule has 0 aromatic rings. The summed E-state index contributed by atoms with van der Waals surface area (Å²) in [6.45, 7) is 3.37. The normalized spacial score (nSPS) is 30.6. The maximum absolute atomic E-state index is 10.6. The summed E-state index contributed by atoms with van der Waals surface area (Å²) in [5, 5.41) is 12.5. The molecule has 1 aliphatic heterocycles. The maximum Gasteiger partial charge on any atom is 0.216 e. The van der Waals surface area contributed by atoms with E-state index < -0.39 is 5.60 Å². The third-order valence-electron chi connectivity index (χ3n) is 2.19. The van der Waals surface area contributed by atoms with Crippen molar-refractivity contribution in [2.75, 3.05) is 26.7 Å². The molecule has 1 saturated heterocycles. The highest BCUT2D eigenvalue weighted by Crippen LogP contribution is 2.18. The number of carbonyl (C=O) groups excluding carboxylic acids is 1. The Balaban J connectivity index is 2.35. The second kappa shape index (κ2) is 3.41. The molecule has 1 atom stereocenters. The number of hydrogen-bond acceptors (Lipinski definition) is 3. The van der Waals surface area contributed by atoms with E-state index in [9.17, 15) is 9.90 Å². The van der Waals surface area contributed by atoms with Crippen LogP contribution in [0.5, 0.6) is 0 Å². The molecule has 4 heteroatoms. The van der Waals surface area contributed by atoms with Gasteiger partial charge < -0.3 is 15.3 Å². The van der Waals surface area contributed by atoms with Gasteiger partial charge in [-0.3, -0.25) is 4.79 Å². The Labute approximate surface area is 72.6 Å². The molecule has 1 heterocycles. The summed E-state index contributed by atoms with van der Waals surface area (Å²) >= 11 is 0. The van der Waals surface area contributed by atoms with E-state index in [-0.39, 0.29) is 5.91 Å². The average molecular weight is 172 g/mol. The first-order chi connectivity index (χ1) is 5.52. The second-order valence-electron chi connectivity index (χ2n) is 3.62. The van der Waals surface area contributed by atoms with Gasteiger partial charge in [0.05, 0.1) is 5.60 Å². The lowest BCUT2D eigenvalue weighted by Crippen LogP contribution is -2.43. The van der Waals surface area contributed by atoms with Crippen LogP contribution in [-0.4, -0.2) is 48.2 Å². The summed E-state index contributed by atoms with van der Waals surface area (Å²) in [7, 11) is 1.96. The van der Waals surface area contributed by atoms with E-state index in [1.165, 1.54) is 6.92 Å². The molecule has 70 valence electrons. The van der Waals surface area contributed by atoms with E-state index in [1.807, 2.05) is 7.05 Å². The molecule has 1 unspecified atom stereocenters. The van der Waals surface area contributed by atoms with Crippen LogP contribution in [0, 0.1) is 0 Å². The van der Waals surface area contributed by atoms with Crippen molar-refractivity contribution in [2.45, 2.75) is 18.9 Å². The zero-order valence-electron chi connectivity index (χ0n) is 7.63. The van der Waals surface area contributed by atoms with Crippen LogP contribution in [0.15, 0.2) is 0 Å². The van der Waals surface area contributed by atoms with Crippen molar-refractivity contribution >= 4 is 5.91 Å². The maximum atomic E-state index is 10.6. The lowest BCUT2D eigenvalue weighted by Gasteiger charge is -2.22. The van der Waals surface area contributed by atoms with E-state index >= 15 is 0 Å². The smallest absolute Gasteiger partial charge is 0.216 e. The lowest BCUT2D eigenvalue weighted by atomic mass is 10.0. The number of carbonyl (C=O) groups is 1. The molecule has 4 nitrogen and oxygen atoms in total. The molecule has 1 amide bonds. The summed E-state index contributed by atoms with van der Waals surface area (Å²) in [4.78, 5) is 12.6. The molecule has 1 aliphatic rings. The molecule has 0 aromatic heterocycles. The molecule has 1 fully saturated rings. The Morgan fingerprint density at radius 3 is 2.83 bits per heavy atom. The van der Waals surface area contributed by atoms with Gasteiger partial charge in [-0.1, -0.05) is 0 Å². The molecule has 0 aromatic carbocycles. The number of amides is 1. The van der Waals surface area contributed by atoms with E-state index in [0.29, 0.717) is 13.1 Å². The number of aliphatic hydroxyl groups is 1. The van der Waals surface area contributed by atoms with Gasteiger partial charge in [0.25, 0.3) is 0 Å². The van der Waals surface area contributed by atoms with Crippen LogP contribution in [0.2, 0.25) is 0 Å². The van der Waals surface area contributed by atoms with Crippen molar-refractivity contribution in [1.29, 1.82) is 0 Å². The van der Waals surface area contributed by atoms with Crippen molar-refractivity contribution in [3.8, 4) is 0 Å². The molecule has 0 spiro atoms. The standard InChI is InChI=1S/C8H16N2O2/c1-7(11)9-5-8(12)3-4-10(2)6-8/h12H,3-6H2,1-2H3,(H,9,11). The highest BCUT2D eigenvalue weighted by Gasteiger charge is 2.34. The number of rotatable bonds is 2. The van der Waals surface area contributed by atoms with Crippen molar-refractivity contribution < 1.29 is 9.90 Å². The Kier molecular flexibility index (Phi) is 2.69. The number of nitrogens with one attached hydrogen (secondary N) is 1. The summed E-state index contributed by atoms with van der Waals surface area (Å²) in [6, 6.07) is 0.